The van der Waals surface area contributed by atoms with Crippen molar-refractivity contribution in [1.82, 2.24) is 0 Å². The minimum atomic E-state index is -0.679. The van der Waals surface area contributed by atoms with Crippen molar-refractivity contribution in [2.45, 2.75) is 89.9 Å². The molecule has 0 amide bonds. The van der Waals surface area contributed by atoms with E-state index >= 15 is 0 Å². The summed E-state index contributed by atoms with van der Waals surface area (Å²) in [5.41, 5.74) is 0. The van der Waals surface area contributed by atoms with Gasteiger partial charge in [0.2, 0.25) is 0 Å². The summed E-state index contributed by atoms with van der Waals surface area (Å²) in [5, 5.41) is 8.51. The molecule has 0 rings (SSSR count). The van der Waals surface area contributed by atoms with Crippen LogP contribution >= 0.6 is 0 Å². The third-order valence-corrected chi connectivity index (χ3v) is 3.62. The number of carbonyl (C=O) groups is 2. The molecule has 0 aromatic rings. The predicted molar refractivity (Wildman–Crippen MR) is 87.5 cm³/mol. The molecule has 21 heavy (non-hydrogen) atoms. The predicted octanol–water partition coefficient (Wildman–Crippen LogP) is 5.29. The second-order valence-electron chi connectivity index (χ2n) is 5.68. The van der Waals surface area contributed by atoms with Crippen LogP contribution < -0.4 is 0 Å². The molecule has 0 spiro atoms. The topological polar surface area (TPSA) is 54.4 Å². The summed E-state index contributed by atoms with van der Waals surface area (Å²) < 4.78 is 0. The van der Waals surface area contributed by atoms with E-state index in [4.69, 9.17) is 5.11 Å². The quantitative estimate of drug-likeness (QED) is 0.239. The van der Waals surface area contributed by atoms with Crippen LogP contribution in [0.5, 0.6) is 0 Å². The number of hydrogen-bond acceptors (Lipinski definition) is 2. The molecule has 0 bridgehead atoms. The normalized spacial score (nSPS) is 11.0. The molecular weight excluding hydrogens is 264 g/mol. The molecule has 0 aliphatic carbocycles. The monoisotopic (exact) mass is 296 g/mol. The van der Waals surface area contributed by atoms with Gasteiger partial charge < -0.3 is 9.90 Å². The average molecular weight is 296 g/mol. The van der Waals surface area contributed by atoms with Gasteiger partial charge in [-0.1, -0.05) is 50.7 Å². The summed E-state index contributed by atoms with van der Waals surface area (Å²) in [5.74, 6) is -0.679. The number of allylic oxidation sites excluding steroid dienone is 2. The maximum atomic E-state index is 10.3. The van der Waals surface area contributed by atoms with Crippen molar-refractivity contribution in [2.24, 2.45) is 0 Å². The fourth-order valence-corrected chi connectivity index (χ4v) is 2.32. The van der Waals surface area contributed by atoms with E-state index in [-0.39, 0.29) is 0 Å². The number of rotatable bonds is 16. The Morgan fingerprint density at radius 2 is 1.10 bits per heavy atom. The molecule has 0 aromatic heterocycles. The molecule has 0 unspecified atom stereocenters. The Bertz CT molecular complexity index is 272. The Labute approximate surface area is 129 Å². The van der Waals surface area contributed by atoms with E-state index in [1.165, 1.54) is 44.9 Å². The van der Waals surface area contributed by atoms with Gasteiger partial charge in [-0.2, -0.15) is 0 Å². The lowest BCUT2D eigenvalue weighted by atomic mass is 10.1. The molecule has 0 saturated carbocycles. The van der Waals surface area contributed by atoms with Gasteiger partial charge in [0.15, 0.2) is 0 Å². The van der Waals surface area contributed by atoms with E-state index in [0.717, 1.165) is 44.8 Å². The van der Waals surface area contributed by atoms with Crippen molar-refractivity contribution in [3.05, 3.63) is 12.2 Å². The number of hydrogen-bond donors (Lipinski definition) is 1. The number of carboxylic acids is 1. The van der Waals surface area contributed by atoms with Gasteiger partial charge in [-0.05, 0) is 38.5 Å². The third kappa shape index (κ3) is 18.9. The third-order valence-electron chi connectivity index (χ3n) is 3.62. The van der Waals surface area contributed by atoms with E-state index in [2.05, 4.69) is 12.2 Å². The number of carbonyl (C=O) groups excluding carboxylic acids is 1. The smallest absolute Gasteiger partial charge is 0.303 e. The maximum Gasteiger partial charge on any atom is 0.303 e. The Balaban J connectivity index is 3.08. The molecule has 0 aromatic carbocycles. The van der Waals surface area contributed by atoms with Crippen molar-refractivity contribution in [1.29, 1.82) is 0 Å². The molecule has 1 N–H and O–H groups in total. The summed E-state index contributed by atoms with van der Waals surface area (Å²) in [7, 11) is 0. The SMILES string of the molecule is O=CCCCCCCC/C=C\CCCCCCCC(=O)O. The molecule has 0 heterocycles. The first kappa shape index (κ1) is 19.9. The lowest BCUT2D eigenvalue weighted by Crippen LogP contribution is -1.93. The molecule has 0 aliphatic heterocycles. The van der Waals surface area contributed by atoms with E-state index < -0.39 is 5.97 Å². The summed E-state index contributed by atoms with van der Waals surface area (Å²) in [6, 6.07) is 0. The van der Waals surface area contributed by atoms with Crippen LogP contribution in [0.15, 0.2) is 12.2 Å². The minimum Gasteiger partial charge on any atom is -0.481 e. The van der Waals surface area contributed by atoms with Crippen molar-refractivity contribution in [3.8, 4) is 0 Å². The second kappa shape index (κ2) is 16.9. The minimum absolute atomic E-state index is 0.315. The van der Waals surface area contributed by atoms with E-state index in [0.29, 0.717) is 6.42 Å². The molecule has 0 fully saturated rings. The zero-order valence-corrected chi connectivity index (χ0v) is 13.4. The molecular formula is C18H32O3. The first-order valence-electron chi connectivity index (χ1n) is 8.58. The molecule has 3 nitrogen and oxygen atoms in total. The highest BCUT2D eigenvalue weighted by atomic mass is 16.4. The van der Waals surface area contributed by atoms with Crippen LogP contribution in [0.3, 0.4) is 0 Å². The lowest BCUT2D eigenvalue weighted by Gasteiger charge is -1.99. The molecule has 0 aliphatic rings. The van der Waals surface area contributed by atoms with Crippen LogP contribution in [0, 0.1) is 0 Å². The van der Waals surface area contributed by atoms with Gasteiger partial charge in [0.05, 0.1) is 0 Å². The zero-order chi connectivity index (χ0) is 15.6. The van der Waals surface area contributed by atoms with E-state index in [1.807, 2.05) is 0 Å². The van der Waals surface area contributed by atoms with Crippen LogP contribution in [0.4, 0.5) is 0 Å². The molecule has 0 atom stereocenters. The van der Waals surface area contributed by atoms with Crippen LogP contribution in [0.2, 0.25) is 0 Å². The van der Waals surface area contributed by atoms with E-state index in [9.17, 15) is 9.59 Å². The fraction of sp³-hybridized carbons (Fsp3) is 0.778. The van der Waals surface area contributed by atoms with Crippen LogP contribution in [0.1, 0.15) is 89.9 Å². The van der Waals surface area contributed by atoms with Gasteiger partial charge in [-0.25, -0.2) is 0 Å². The highest BCUT2D eigenvalue weighted by Crippen LogP contribution is 2.09. The second-order valence-corrected chi connectivity index (χ2v) is 5.68. The summed E-state index contributed by atoms with van der Waals surface area (Å²) in [4.78, 5) is 20.5. The number of unbranched alkanes of at least 4 members (excludes halogenated alkanes) is 11. The summed E-state index contributed by atoms with van der Waals surface area (Å²) in [6.45, 7) is 0. The lowest BCUT2D eigenvalue weighted by molar-refractivity contribution is -0.137. The average Bonchev–Trinajstić information content (AvgIpc) is 2.46. The van der Waals surface area contributed by atoms with Gasteiger partial charge in [0, 0.05) is 12.8 Å². The van der Waals surface area contributed by atoms with Gasteiger partial charge in [-0.15, -0.1) is 0 Å². The van der Waals surface area contributed by atoms with Crippen molar-refractivity contribution in [2.75, 3.05) is 0 Å². The standard InChI is InChI=1S/C18H32O3/c19-17-15-13-11-9-7-5-3-1-2-4-6-8-10-12-14-16-18(20)21/h1-2,17H,3-16H2,(H,20,21)/b2-1-. The highest BCUT2D eigenvalue weighted by molar-refractivity contribution is 5.66. The van der Waals surface area contributed by atoms with E-state index in [1.54, 1.807) is 0 Å². The number of aliphatic carboxylic acids is 1. The first-order valence-corrected chi connectivity index (χ1v) is 8.58. The van der Waals surface area contributed by atoms with Gasteiger partial charge in [0.1, 0.15) is 6.29 Å². The molecule has 122 valence electrons. The van der Waals surface area contributed by atoms with Crippen molar-refractivity contribution in [3.63, 3.8) is 0 Å². The summed E-state index contributed by atoms with van der Waals surface area (Å²) in [6.07, 6.45) is 20.4. The fourth-order valence-electron chi connectivity index (χ4n) is 2.32. The Hall–Kier alpha value is -1.12. The number of aldehydes is 1. The largest absolute Gasteiger partial charge is 0.481 e. The maximum absolute atomic E-state index is 10.3. The van der Waals surface area contributed by atoms with Gasteiger partial charge >= 0.3 is 5.97 Å². The highest BCUT2D eigenvalue weighted by Gasteiger charge is 1.95. The number of carboxylic acid groups (broad SMARTS) is 1. The zero-order valence-electron chi connectivity index (χ0n) is 13.4. The molecule has 0 saturated heterocycles. The van der Waals surface area contributed by atoms with Crippen molar-refractivity contribution >= 4 is 12.3 Å². The van der Waals surface area contributed by atoms with Gasteiger partial charge in [0.25, 0.3) is 0 Å². The Kier molecular flexibility index (Phi) is 16.0. The molecule has 3 heteroatoms. The van der Waals surface area contributed by atoms with Crippen LogP contribution in [-0.2, 0) is 9.59 Å². The first-order chi connectivity index (χ1) is 10.3. The Morgan fingerprint density at radius 1 is 0.667 bits per heavy atom. The molecule has 0 radical (unpaired) electrons. The van der Waals surface area contributed by atoms with Crippen LogP contribution in [-0.4, -0.2) is 17.4 Å². The summed E-state index contributed by atoms with van der Waals surface area (Å²) >= 11 is 0. The van der Waals surface area contributed by atoms with Crippen LogP contribution in [0.25, 0.3) is 0 Å². The van der Waals surface area contributed by atoms with Crippen molar-refractivity contribution < 1.29 is 14.7 Å². The Morgan fingerprint density at radius 3 is 1.57 bits per heavy atom. The van der Waals surface area contributed by atoms with Gasteiger partial charge in [-0.3, -0.25) is 4.79 Å².